The Balaban J connectivity index is 0.000000461. The normalized spacial score (nSPS) is 12.9. The molecule has 2 rings (SSSR count). The summed E-state index contributed by atoms with van der Waals surface area (Å²) >= 11 is 0. The third-order valence-electron chi connectivity index (χ3n) is 1.83. The number of carbonyl (C=O) groups excluding carboxylic acids is 1. The van der Waals surface area contributed by atoms with E-state index in [0.717, 1.165) is 17.0 Å². The second kappa shape index (κ2) is 4.65. The molecule has 1 amide bonds. The van der Waals surface area contributed by atoms with Crippen molar-refractivity contribution >= 4 is 11.6 Å². The fourth-order valence-corrected chi connectivity index (χ4v) is 1.27. The zero-order valence-electron chi connectivity index (χ0n) is 8.76. The van der Waals surface area contributed by atoms with E-state index >= 15 is 0 Å². The van der Waals surface area contributed by atoms with E-state index in [9.17, 15) is 4.79 Å². The van der Waals surface area contributed by atoms with Gasteiger partial charge in [-0.1, -0.05) is 26.0 Å². The first-order valence-corrected chi connectivity index (χ1v) is 4.79. The summed E-state index contributed by atoms with van der Waals surface area (Å²) in [6, 6.07) is 5.68. The summed E-state index contributed by atoms with van der Waals surface area (Å²) in [5, 5.41) is 2.74. The van der Waals surface area contributed by atoms with Gasteiger partial charge in [-0.25, -0.2) is 0 Å². The van der Waals surface area contributed by atoms with Crippen molar-refractivity contribution < 1.29 is 9.53 Å². The molecule has 0 saturated carbocycles. The molecule has 0 atom stereocenters. The van der Waals surface area contributed by atoms with E-state index in [-0.39, 0.29) is 12.5 Å². The Morgan fingerprint density at radius 1 is 1.36 bits per heavy atom. The van der Waals surface area contributed by atoms with E-state index in [0.29, 0.717) is 0 Å². The lowest BCUT2D eigenvalue weighted by Gasteiger charge is -2.19. The van der Waals surface area contributed by atoms with E-state index < -0.39 is 0 Å². The highest BCUT2D eigenvalue weighted by Crippen LogP contribution is 2.30. The van der Waals surface area contributed by atoms with Crippen LogP contribution in [0.25, 0.3) is 0 Å². The number of amides is 1. The Bertz CT molecular complexity index is 334. The van der Waals surface area contributed by atoms with Crippen LogP contribution in [0.3, 0.4) is 0 Å². The predicted molar refractivity (Wildman–Crippen MR) is 56.7 cm³/mol. The largest absolute Gasteiger partial charge is 0.481 e. The average molecular weight is 193 g/mol. The first-order chi connectivity index (χ1) is 6.77. The number of ether oxygens (including phenoxy) is 1. The number of fused-ring (bicyclic) bond motifs is 1. The van der Waals surface area contributed by atoms with Gasteiger partial charge in [0.2, 0.25) is 0 Å². The molecule has 76 valence electrons. The Kier molecular flexibility index (Phi) is 3.51. The molecule has 0 aliphatic carbocycles. The summed E-state index contributed by atoms with van der Waals surface area (Å²) in [4.78, 5) is 10.9. The fourth-order valence-electron chi connectivity index (χ4n) is 1.27. The van der Waals surface area contributed by atoms with Crippen molar-refractivity contribution in [2.24, 2.45) is 0 Å². The van der Waals surface area contributed by atoms with Crippen molar-refractivity contribution in [2.75, 3.05) is 11.9 Å². The number of anilines is 1. The average Bonchev–Trinajstić information content (AvgIpc) is 2.21. The quantitative estimate of drug-likeness (QED) is 0.686. The monoisotopic (exact) mass is 193 g/mol. The van der Waals surface area contributed by atoms with Crippen molar-refractivity contribution in [3.63, 3.8) is 0 Å². The summed E-state index contributed by atoms with van der Waals surface area (Å²) in [6.07, 6.45) is 0. The lowest BCUT2D eigenvalue weighted by Crippen LogP contribution is -2.25. The maximum Gasteiger partial charge on any atom is 0.262 e. The van der Waals surface area contributed by atoms with Crippen LogP contribution in [-0.2, 0) is 4.79 Å². The zero-order chi connectivity index (χ0) is 10.6. The van der Waals surface area contributed by atoms with Gasteiger partial charge >= 0.3 is 0 Å². The maximum atomic E-state index is 10.9. The van der Waals surface area contributed by atoms with Crippen molar-refractivity contribution in [3.05, 3.63) is 23.8 Å². The van der Waals surface area contributed by atoms with E-state index in [2.05, 4.69) is 5.32 Å². The van der Waals surface area contributed by atoms with E-state index in [1.54, 1.807) is 0 Å². The SMILES string of the molecule is CC.Cc1cccc2c1OCC(=O)N2. The van der Waals surface area contributed by atoms with Gasteiger partial charge in [0.15, 0.2) is 6.61 Å². The minimum absolute atomic E-state index is 0.0897. The van der Waals surface area contributed by atoms with Gasteiger partial charge in [0.25, 0.3) is 5.91 Å². The second-order valence-corrected chi connectivity index (χ2v) is 2.79. The van der Waals surface area contributed by atoms with Crippen LogP contribution in [0, 0.1) is 6.92 Å². The topological polar surface area (TPSA) is 38.3 Å². The number of hydrogen-bond acceptors (Lipinski definition) is 2. The van der Waals surface area contributed by atoms with Gasteiger partial charge in [0.05, 0.1) is 5.69 Å². The first kappa shape index (κ1) is 10.6. The summed E-state index contributed by atoms with van der Waals surface area (Å²) < 4.78 is 5.25. The third kappa shape index (κ3) is 2.05. The van der Waals surface area contributed by atoms with Crippen LogP contribution < -0.4 is 10.1 Å². The molecule has 1 aliphatic rings. The third-order valence-corrected chi connectivity index (χ3v) is 1.83. The Morgan fingerprint density at radius 2 is 2.07 bits per heavy atom. The van der Waals surface area contributed by atoms with Gasteiger partial charge < -0.3 is 10.1 Å². The van der Waals surface area contributed by atoms with Gasteiger partial charge in [-0.2, -0.15) is 0 Å². The minimum atomic E-state index is -0.0897. The molecule has 0 unspecified atom stereocenters. The first-order valence-electron chi connectivity index (χ1n) is 4.79. The van der Waals surface area contributed by atoms with E-state index in [1.165, 1.54) is 0 Å². The molecule has 1 aromatic carbocycles. The molecule has 0 fully saturated rings. The smallest absolute Gasteiger partial charge is 0.262 e. The van der Waals surface area contributed by atoms with Crippen LogP contribution in [0.1, 0.15) is 19.4 Å². The van der Waals surface area contributed by atoms with Gasteiger partial charge in [0, 0.05) is 0 Å². The molecule has 0 bridgehead atoms. The molecular formula is C11H15NO2. The maximum absolute atomic E-state index is 10.9. The molecular weight excluding hydrogens is 178 g/mol. The molecule has 0 aromatic heterocycles. The molecule has 1 N–H and O–H groups in total. The molecule has 1 aliphatic heterocycles. The molecule has 0 spiro atoms. The van der Waals surface area contributed by atoms with E-state index in [4.69, 9.17) is 4.74 Å². The van der Waals surface area contributed by atoms with Crippen LogP contribution in [0.5, 0.6) is 5.75 Å². The molecule has 1 aromatic rings. The van der Waals surface area contributed by atoms with Crippen molar-refractivity contribution in [3.8, 4) is 5.75 Å². The lowest BCUT2D eigenvalue weighted by molar-refractivity contribution is -0.118. The van der Waals surface area contributed by atoms with Gasteiger partial charge in [0.1, 0.15) is 5.75 Å². The Labute approximate surface area is 84.1 Å². The summed E-state index contributed by atoms with van der Waals surface area (Å²) in [5.41, 5.74) is 1.82. The molecule has 1 heterocycles. The highest BCUT2D eigenvalue weighted by Gasteiger charge is 2.16. The van der Waals surface area contributed by atoms with Crippen LogP contribution in [0.2, 0.25) is 0 Å². The van der Waals surface area contributed by atoms with Crippen molar-refractivity contribution in [2.45, 2.75) is 20.8 Å². The van der Waals surface area contributed by atoms with Crippen LogP contribution >= 0.6 is 0 Å². The fraction of sp³-hybridized carbons (Fsp3) is 0.364. The van der Waals surface area contributed by atoms with Crippen LogP contribution in [-0.4, -0.2) is 12.5 Å². The summed E-state index contributed by atoms with van der Waals surface area (Å²) in [5.74, 6) is 0.699. The number of nitrogens with one attached hydrogen (secondary N) is 1. The zero-order valence-corrected chi connectivity index (χ0v) is 8.76. The number of rotatable bonds is 0. The van der Waals surface area contributed by atoms with Gasteiger partial charge in [-0.3, -0.25) is 4.79 Å². The standard InChI is InChI=1S/C9H9NO2.C2H6/c1-6-3-2-4-7-9(6)12-5-8(11)10-7;1-2/h2-4H,5H2,1H3,(H,10,11);1-2H3. The number of carbonyl (C=O) groups is 1. The molecule has 0 radical (unpaired) electrons. The minimum Gasteiger partial charge on any atom is -0.481 e. The van der Waals surface area contributed by atoms with Gasteiger partial charge in [-0.05, 0) is 18.6 Å². The van der Waals surface area contributed by atoms with Crippen LogP contribution in [0.4, 0.5) is 5.69 Å². The summed E-state index contributed by atoms with van der Waals surface area (Å²) in [7, 11) is 0. The van der Waals surface area contributed by atoms with Crippen molar-refractivity contribution in [1.29, 1.82) is 0 Å². The Hall–Kier alpha value is -1.51. The molecule has 3 nitrogen and oxygen atoms in total. The molecule has 0 saturated heterocycles. The Morgan fingerprint density at radius 3 is 2.79 bits per heavy atom. The number of aryl methyl sites for hydroxylation is 1. The molecule has 3 heteroatoms. The highest BCUT2D eigenvalue weighted by molar-refractivity contribution is 5.95. The number of para-hydroxylation sites is 1. The number of benzene rings is 1. The summed E-state index contributed by atoms with van der Waals surface area (Å²) in [6.45, 7) is 6.08. The molecule has 14 heavy (non-hydrogen) atoms. The number of hydrogen-bond donors (Lipinski definition) is 1. The van der Waals surface area contributed by atoms with Crippen molar-refractivity contribution in [1.82, 2.24) is 0 Å². The lowest BCUT2D eigenvalue weighted by atomic mass is 10.2. The highest BCUT2D eigenvalue weighted by atomic mass is 16.5. The predicted octanol–water partition coefficient (Wildman–Crippen LogP) is 2.35. The van der Waals surface area contributed by atoms with E-state index in [1.807, 2.05) is 39.0 Å². The van der Waals surface area contributed by atoms with Gasteiger partial charge in [-0.15, -0.1) is 0 Å². The second-order valence-electron chi connectivity index (χ2n) is 2.79. The van der Waals surface area contributed by atoms with Crippen LogP contribution in [0.15, 0.2) is 18.2 Å².